The second-order valence-electron chi connectivity index (χ2n) is 4.73. The predicted octanol–water partition coefficient (Wildman–Crippen LogP) is 5.45. The third kappa shape index (κ3) is 2.57. The van der Waals surface area contributed by atoms with Crippen LogP contribution in [0.25, 0.3) is 11.1 Å². The minimum absolute atomic E-state index is 0.860. The van der Waals surface area contributed by atoms with Gasteiger partial charge in [-0.2, -0.15) is 0 Å². The van der Waals surface area contributed by atoms with Crippen LogP contribution < -0.4 is 4.74 Å². The van der Waals surface area contributed by atoms with Gasteiger partial charge in [0.15, 0.2) is 0 Å². The lowest BCUT2D eigenvalue weighted by Gasteiger charge is -2.14. The van der Waals surface area contributed by atoms with Crippen molar-refractivity contribution in [3.63, 3.8) is 0 Å². The van der Waals surface area contributed by atoms with Gasteiger partial charge in [0.05, 0.1) is 0 Å². The monoisotopic (exact) mass is 260 g/mol. The molecule has 0 bridgehead atoms. The van der Waals surface area contributed by atoms with Crippen LogP contribution in [-0.4, -0.2) is 0 Å². The maximum Gasteiger partial charge on any atom is 0.138 e. The van der Waals surface area contributed by atoms with Crippen LogP contribution in [0.15, 0.2) is 78.9 Å². The van der Waals surface area contributed by atoms with Crippen LogP contribution in [0.2, 0.25) is 0 Å². The van der Waals surface area contributed by atoms with Gasteiger partial charge in [0.2, 0.25) is 0 Å². The molecule has 0 aliphatic carbocycles. The molecule has 0 N–H and O–H groups in total. The summed E-state index contributed by atoms with van der Waals surface area (Å²) < 4.78 is 6.09. The molecule has 0 unspecified atom stereocenters. The van der Waals surface area contributed by atoms with Gasteiger partial charge in [-0.05, 0) is 30.2 Å². The summed E-state index contributed by atoms with van der Waals surface area (Å²) in [4.78, 5) is 0. The number of ether oxygens (including phenoxy) is 1. The van der Waals surface area contributed by atoms with E-state index in [9.17, 15) is 0 Å². The third-order valence-electron chi connectivity index (χ3n) is 3.26. The first-order valence-corrected chi connectivity index (χ1v) is 6.72. The Bertz CT molecular complexity index is 687. The van der Waals surface area contributed by atoms with Crippen molar-refractivity contribution in [2.24, 2.45) is 0 Å². The van der Waals surface area contributed by atoms with Crippen molar-refractivity contribution >= 4 is 0 Å². The van der Waals surface area contributed by atoms with Crippen molar-refractivity contribution in [1.82, 2.24) is 0 Å². The van der Waals surface area contributed by atoms with Gasteiger partial charge < -0.3 is 4.74 Å². The first kappa shape index (κ1) is 12.5. The Kier molecular flexibility index (Phi) is 3.51. The van der Waals surface area contributed by atoms with E-state index in [2.05, 4.69) is 37.3 Å². The molecule has 0 saturated carbocycles. The van der Waals surface area contributed by atoms with Crippen molar-refractivity contribution < 1.29 is 4.74 Å². The molecule has 3 rings (SSSR count). The number of para-hydroxylation sites is 2. The zero-order chi connectivity index (χ0) is 13.8. The van der Waals surface area contributed by atoms with Crippen LogP contribution in [-0.2, 0) is 0 Å². The molecule has 0 aliphatic heterocycles. The van der Waals surface area contributed by atoms with E-state index in [1.54, 1.807) is 0 Å². The molecule has 3 aromatic carbocycles. The predicted molar refractivity (Wildman–Crippen MR) is 83.1 cm³/mol. The molecule has 0 amide bonds. The molecular formula is C19H16O. The molecule has 0 aromatic heterocycles. The molecule has 0 heterocycles. The van der Waals surface area contributed by atoms with E-state index < -0.39 is 0 Å². The average molecular weight is 260 g/mol. The van der Waals surface area contributed by atoms with E-state index >= 15 is 0 Å². The summed E-state index contributed by atoms with van der Waals surface area (Å²) in [7, 11) is 0. The summed E-state index contributed by atoms with van der Waals surface area (Å²) in [6, 6.07) is 26.5. The molecule has 0 fully saturated rings. The normalized spacial score (nSPS) is 10.2. The lowest BCUT2D eigenvalue weighted by Crippen LogP contribution is -1.91. The standard InChI is InChI=1S/C19H16O/c1-15-9-8-14-18(16-10-4-2-5-11-16)19(15)20-17-12-6-3-7-13-17/h2-14H,1H3. The molecule has 0 saturated heterocycles. The quantitative estimate of drug-likeness (QED) is 0.608. The number of hydrogen-bond donors (Lipinski definition) is 0. The molecule has 3 aromatic rings. The molecule has 98 valence electrons. The summed E-state index contributed by atoms with van der Waals surface area (Å²) in [6.45, 7) is 2.07. The lowest BCUT2D eigenvalue weighted by molar-refractivity contribution is 0.481. The minimum atomic E-state index is 0.860. The van der Waals surface area contributed by atoms with Gasteiger partial charge in [-0.25, -0.2) is 0 Å². The highest BCUT2D eigenvalue weighted by molar-refractivity contribution is 5.72. The number of rotatable bonds is 3. The molecule has 1 nitrogen and oxygen atoms in total. The van der Waals surface area contributed by atoms with Gasteiger partial charge in [0.25, 0.3) is 0 Å². The lowest BCUT2D eigenvalue weighted by atomic mass is 10.0. The molecule has 20 heavy (non-hydrogen) atoms. The Morgan fingerprint density at radius 2 is 1.30 bits per heavy atom. The molecule has 0 aliphatic rings. The maximum absolute atomic E-state index is 6.09. The first-order chi connectivity index (χ1) is 9.84. The van der Waals surface area contributed by atoms with E-state index in [0.717, 1.165) is 22.6 Å². The van der Waals surface area contributed by atoms with Crippen molar-refractivity contribution in [3.05, 3.63) is 84.4 Å². The first-order valence-electron chi connectivity index (χ1n) is 6.72. The third-order valence-corrected chi connectivity index (χ3v) is 3.26. The summed E-state index contributed by atoms with van der Waals surface area (Å²) in [5, 5.41) is 0. The highest BCUT2D eigenvalue weighted by atomic mass is 16.5. The molecule has 0 radical (unpaired) electrons. The fourth-order valence-electron chi connectivity index (χ4n) is 2.24. The summed E-state index contributed by atoms with van der Waals surface area (Å²) in [6.07, 6.45) is 0. The molecule has 1 heteroatoms. The molecule has 0 spiro atoms. The highest BCUT2D eigenvalue weighted by Gasteiger charge is 2.09. The second kappa shape index (κ2) is 5.62. The topological polar surface area (TPSA) is 9.23 Å². The fraction of sp³-hybridized carbons (Fsp3) is 0.0526. The van der Waals surface area contributed by atoms with Gasteiger partial charge in [0, 0.05) is 5.56 Å². The molecule has 0 atom stereocenters. The van der Waals surface area contributed by atoms with E-state index in [1.165, 1.54) is 5.56 Å². The molecular weight excluding hydrogens is 244 g/mol. The van der Waals surface area contributed by atoms with Crippen LogP contribution in [0.3, 0.4) is 0 Å². The van der Waals surface area contributed by atoms with Crippen LogP contribution in [0, 0.1) is 6.92 Å². The Labute approximate surface area is 119 Å². The van der Waals surface area contributed by atoms with Crippen LogP contribution in [0.5, 0.6) is 11.5 Å². The van der Waals surface area contributed by atoms with E-state index in [-0.39, 0.29) is 0 Å². The van der Waals surface area contributed by atoms with Crippen molar-refractivity contribution in [3.8, 4) is 22.6 Å². The van der Waals surface area contributed by atoms with Gasteiger partial charge in [0.1, 0.15) is 11.5 Å². The summed E-state index contributed by atoms with van der Waals surface area (Å²) in [5.74, 6) is 1.78. The number of hydrogen-bond acceptors (Lipinski definition) is 1. The van der Waals surface area contributed by atoms with Crippen molar-refractivity contribution in [1.29, 1.82) is 0 Å². The van der Waals surface area contributed by atoms with Gasteiger partial charge in [-0.3, -0.25) is 0 Å². The van der Waals surface area contributed by atoms with Crippen molar-refractivity contribution in [2.75, 3.05) is 0 Å². The zero-order valence-electron chi connectivity index (χ0n) is 11.4. The Balaban J connectivity index is 2.06. The zero-order valence-corrected chi connectivity index (χ0v) is 11.4. The SMILES string of the molecule is Cc1cccc(-c2ccccc2)c1Oc1ccccc1. The largest absolute Gasteiger partial charge is 0.456 e. The van der Waals surface area contributed by atoms with E-state index in [1.807, 2.05) is 48.5 Å². The van der Waals surface area contributed by atoms with Crippen molar-refractivity contribution in [2.45, 2.75) is 6.92 Å². The Morgan fingerprint density at radius 3 is 2.00 bits per heavy atom. The minimum Gasteiger partial charge on any atom is -0.456 e. The van der Waals surface area contributed by atoms with Crippen LogP contribution in [0.1, 0.15) is 5.56 Å². The Hall–Kier alpha value is -2.54. The summed E-state index contributed by atoms with van der Waals surface area (Å²) in [5.41, 5.74) is 3.42. The maximum atomic E-state index is 6.09. The van der Waals surface area contributed by atoms with Crippen LogP contribution in [0.4, 0.5) is 0 Å². The number of aryl methyl sites for hydroxylation is 1. The van der Waals surface area contributed by atoms with Gasteiger partial charge in [-0.1, -0.05) is 66.7 Å². The van der Waals surface area contributed by atoms with Gasteiger partial charge in [-0.15, -0.1) is 0 Å². The second-order valence-corrected chi connectivity index (χ2v) is 4.73. The number of benzene rings is 3. The Morgan fingerprint density at radius 1 is 0.650 bits per heavy atom. The van der Waals surface area contributed by atoms with Crippen LogP contribution >= 0.6 is 0 Å². The smallest absolute Gasteiger partial charge is 0.138 e. The van der Waals surface area contributed by atoms with Gasteiger partial charge >= 0.3 is 0 Å². The fourth-order valence-corrected chi connectivity index (χ4v) is 2.24. The van der Waals surface area contributed by atoms with E-state index in [4.69, 9.17) is 4.74 Å². The average Bonchev–Trinajstić information content (AvgIpc) is 2.51. The van der Waals surface area contributed by atoms with E-state index in [0.29, 0.717) is 0 Å². The highest BCUT2D eigenvalue weighted by Crippen LogP contribution is 2.35. The summed E-state index contributed by atoms with van der Waals surface area (Å²) >= 11 is 0.